The van der Waals surface area contributed by atoms with E-state index in [1.54, 1.807) is 18.2 Å². The molecule has 0 fully saturated rings. The molecule has 0 amide bonds. The maximum absolute atomic E-state index is 11.1. The number of nitrogens with one attached hydrogen (secondary N) is 1. The lowest BCUT2D eigenvalue weighted by Crippen LogP contribution is -2.21. The number of hydrogen-bond donors (Lipinski definition) is 2. The Morgan fingerprint density at radius 2 is 2.26 bits per heavy atom. The fraction of sp³-hybridized carbons (Fsp3) is 0.211. The Balaban J connectivity index is 1.90. The molecule has 3 N–H and O–H groups in total. The number of nitrogens with two attached hydrogens (primary N) is 1. The highest BCUT2D eigenvalue weighted by atomic mass is 16.6. The minimum absolute atomic E-state index is 0.0532. The number of fused-ring (bicyclic) bond motifs is 1. The molecule has 1 aliphatic rings. The van der Waals surface area contributed by atoms with Gasteiger partial charge in [0.05, 0.1) is 35.8 Å². The van der Waals surface area contributed by atoms with E-state index in [1.165, 1.54) is 25.1 Å². The zero-order valence-corrected chi connectivity index (χ0v) is 16.5. The predicted octanol–water partition coefficient (Wildman–Crippen LogP) is 1.88. The second-order valence-electron chi connectivity index (χ2n) is 6.61. The minimum Gasteiger partial charge on any atom is -0.494 e. The highest BCUT2D eigenvalue weighted by molar-refractivity contribution is 5.59. The second kappa shape index (κ2) is 7.81. The van der Waals surface area contributed by atoms with E-state index >= 15 is 0 Å². The summed E-state index contributed by atoms with van der Waals surface area (Å²) in [5.74, 6) is 0.0323. The fourth-order valence-corrected chi connectivity index (χ4v) is 3.50. The van der Waals surface area contributed by atoms with E-state index in [4.69, 9.17) is 19.9 Å². The first-order valence-corrected chi connectivity index (χ1v) is 8.99. The molecular formula is C19H17N7O5. The molecule has 1 aromatic carbocycles. The molecule has 2 aromatic heterocycles. The summed E-state index contributed by atoms with van der Waals surface area (Å²) in [6.07, 6.45) is 2.42. The maximum atomic E-state index is 11.1. The van der Waals surface area contributed by atoms with Crippen LogP contribution in [0.5, 0.6) is 11.6 Å². The van der Waals surface area contributed by atoms with Gasteiger partial charge in [0.2, 0.25) is 11.8 Å². The lowest BCUT2D eigenvalue weighted by atomic mass is 9.84. The maximum Gasteiger partial charge on any atom is 0.307 e. The summed E-state index contributed by atoms with van der Waals surface area (Å²) in [6.45, 7) is 0.217. The Kier molecular flexibility index (Phi) is 5.02. The molecular weight excluding hydrogens is 406 g/mol. The van der Waals surface area contributed by atoms with Crippen LogP contribution in [0.15, 0.2) is 42.0 Å². The molecule has 3 heterocycles. The van der Waals surface area contributed by atoms with E-state index < -0.39 is 10.8 Å². The number of aromatic nitrogens is 4. The average Bonchev–Trinajstić information content (AvgIpc) is 3.40. The SMILES string of the molecule is COCc1[nH]nc2c1[C@H](c1ccc(OC)c(-n3cc([N+](=O)[O-])cn3)c1)C(C#N)=C(N)O2. The molecule has 158 valence electrons. The van der Waals surface area contributed by atoms with Gasteiger partial charge < -0.3 is 19.9 Å². The summed E-state index contributed by atoms with van der Waals surface area (Å²) in [5.41, 5.74) is 8.40. The Labute approximate surface area is 175 Å². The number of ether oxygens (including phenoxy) is 3. The lowest BCUT2D eigenvalue weighted by Gasteiger charge is -2.24. The van der Waals surface area contributed by atoms with Crippen molar-refractivity contribution in [2.24, 2.45) is 5.73 Å². The van der Waals surface area contributed by atoms with Crippen molar-refractivity contribution in [2.75, 3.05) is 14.2 Å². The number of hydrogen-bond acceptors (Lipinski definition) is 9. The number of rotatable bonds is 6. The van der Waals surface area contributed by atoms with Gasteiger partial charge in [0, 0.05) is 7.11 Å². The van der Waals surface area contributed by atoms with Crippen molar-refractivity contribution in [3.63, 3.8) is 0 Å². The zero-order valence-electron chi connectivity index (χ0n) is 16.5. The summed E-state index contributed by atoms with van der Waals surface area (Å²) in [4.78, 5) is 10.5. The van der Waals surface area contributed by atoms with Crippen LogP contribution in [0.4, 0.5) is 5.69 Å². The second-order valence-corrected chi connectivity index (χ2v) is 6.61. The molecule has 31 heavy (non-hydrogen) atoms. The summed E-state index contributed by atoms with van der Waals surface area (Å²) >= 11 is 0. The molecule has 0 aliphatic carbocycles. The number of allylic oxidation sites excluding steroid dienone is 1. The third-order valence-electron chi connectivity index (χ3n) is 4.87. The fourth-order valence-electron chi connectivity index (χ4n) is 3.50. The molecule has 0 saturated carbocycles. The number of nitro groups is 1. The van der Waals surface area contributed by atoms with Crippen LogP contribution in [0.2, 0.25) is 0 Å². The molecule has 4 rings (SSSR count). The van der Waals surface area contributed by atoms with Gasteiger partial charge in [-0.1, -0.05) is 6.07 Å². The van der Waals surface area contributed by atoms with Crippen molar-refractivity contribution in [3.05, 3.63) is 69.0 Å². The quantitative estimate of drug-likeness (QED) is 0.444. The number of benzene rings is 1. The van der Waals surface area contributed by atoms with Gasteiger partial charge in [0.25, 0.3) is 0 Å². The number of nitriles is 1. The van der Waals surface area contributed by atoms with E-state index in [0.29, 0.717) is 28.3 Å². The van der Waals surface area contributed by atoms with Gasteiger partial charge in [-0.25, -0.2) is 4.68 Å². The molecule has 0 radical (unpaired) electrons. The number of methoxy groups -OCH3 is 2. The van der Waals surface area contributed by atoms with Crippen molar-refractivity contribution < 1.29 is 19.1 Å². The van der Waals surface area contributed by atoms with E-state index in [1.807, 2.05) is 0 Å². The smallest absolute Gasteiger partial charge is 0.307 e. The summed E-state index contributed by atoms with van der Waals surface area (Å²) in [5, 5.41) is 31.9. The molecule has 1 atom stereocenters. The van der Waals surface area contributed by atoms with Crippen LogP contribution in [0.25, 0.3) is 5.69 Å². The summed E-state index contributed by atoms with van der Waals surface area (Å²) < 4.78 is 17.5. The Morgan fingerprint density at radius 1 is 1.45 bits per heavy atom. The zero-order chi connectivity index (χ0) is 22.1. The Bertz CT molecular complexity index is 1240. The van der Waals surface area contributed by atoms with Crippen LogP contribution in [0.3, 0.4) is 0 Å². The normalized spacial score (nSPS) is 15.2. The van der Waals surface area contributed by atoms with E-state index in [2.05, 4.69) is 21.4 Å². The van der Waals surface area contributed by atoms with Gasteiger partial charge >= 0.3 is 5.69 Å². The predicted molar refractivity (Wildman–Crippen MR) is 105 cm³/mol. The van der Waals surface area contributed by atoms with Crippen LogP contribution in [0, 0.1) is 21.4 Å². The van der Waals surface area contributed by atoms with E-state index in [-0.39, 0.29) is 29.6 Å². The molecule has 0 saturated heterocycles. The van der Waals surface area contributed by atoms with Crippen LogP contribution in [0.1, 0.15) is 22.7 Å². The van der Waals surface area contributed by atoms with Gasteiger partial charge in [0.15, 0.2) is 0 Å². The van der Waals surface area contributed by atoms with Crippen LogP contribution in [-0.2, 0) is 11.3 Å². The third-order valence-corrected chi connectivity index (χ3v) is 4.87. The van der Waals surface area contributed by atoms with Crippen LogP contribution < -0.4 is 15.2 Å². The van der Waals surface area contributed by atoms with Crippen LogP contribution >= 0.6 is 0 Å². The van der Waals surface area contributed by atoms with Crippen molar-refractivity contribution in [1.29, 1.82) is 5.26 Å². The molecule has 0 spiro atoms. The first-order chi connectivity index (χ1) is 15.0. The summed E-state index contributed by atoms with van der Waals surface area (Å²) in [7, 11) is 3.02. The average molecular weight is 423 g/mol. The van der Waals surface area contributed by atoms with Gasteiger partial charge in [-0.2, -0.15) is 10.4 Å². The monoisotopic (exact) mass is 423 g/mol. The number of nitrogens with zero attached hydrogens (tertiary/aromatic N) is 5. The molecule has 1 aliphatic heterocycles. The standard InChI is InChI=1S/C19H17N7O5/c1-29-9-13-17-16(12(6-20)18(21)31-19(17)24-23-13)10-3-4-15(30-2)14(5-10)25-8-11(7-22-25)26(27)28/h3-5,7-8,16H,9,21H2,1-2H3,(H,23,24)/t16-/m1/s1. The lowest BCUT2D eigenvalue weighted by molar-refractivity contribution is -0.384. The van der Waals surface area contributed by atoms with Crippen LogP contribution in [-0.4, -0.2) is 39.1 Å². The van der Waals surface area contributed by atoms with Crippen molar-refractivity contribution in [1.82, 2.24) is 20.0 Å². The Morgan fingerprint density at radius 3 is 2.90 bits per heavy atom. The summed E-state index contributed by atoms with van der Waals surface area (Å²) in [6, 6.07) is 7.30. The molecule has 12 heteroatoms. The van der Waals surface area contributed by atoms with Gasteiger partial charge in [0.1, 0.15) is 35.5 Å². The molecule has 3 aromatic rings. The third kappa shape index (κ3) is 3.32. The van der Waals surface area contributed by atoms with Gasteiger partial charge in [-0.15, -0.1) is 5.10 Å². The highest BCUT2D eigenvalue weighted by Crippen LogP contribution is 2.44. The highest BCUT2D eigenvalue weighted by Gasteiger charge is 2.35. The van der Waals surface area contributed by atoms with E-state index in [9.17, 15) is 15.4 Å². The molecule has 0 bridgehead atoms. The largest absolute Gasteiger partial charge is 0.494 e. The first-order valence-electron chi connectivity index (χ1n) is 8.99. The number of aromatic amines is 1. The first kappa shape index (κ1) is 19.9. The minimum atomic E-state index is -0.604. The van der Waals surface area contributed by atoms with Crippen molar-refractivity contribution in [2.45, 2.75) is 12.5 Å². The van der Waals surface area contributed by atoms with Crippen molar-refractivity contribution >= 4 is 5.69 Å². The molecule has 0 unspecified atom stereocenters. The van der Waals surface area contributed by atoms with E-state index in [0.717, 1.165) is 6.20 Å². The van der Waals surface area contributed by atoms with Gasteiger partial charge in [-0.05, 0) is 17.7 Å². The molecule has 12 nitrogen and oxygen atoms in total. The van der Waals surface area contributed by atoms with Crippen molar-refractivity contribution in [3.8, 4) is 23.4 Å². The van der Waals surface area contributed by atoms with Gasteiger partial charge in [-0.3, -0.25) is 15.2 Å². The topological polar surface area (TPSA) is 167 Å². The number of H-pyrrole nitrogens is 1. The Hall–Kier alpha value is -4.37.